The molecule has 0 amide bonds. The molecule has 0 bridgehead atoms. The highest BCUT2D eigenvalue weighted by Crippen LogP contribution is 2.65. The fourth-order valence-corrected chi connectivity index (χ4v) is 10.4. The molecule has 1 aromatic heterocycles. The van der Waals surface area contributed by atoms with E-state index in [0.29, 0.717) is 17.5 Å². The molecule has 298 valence electrons. The summed E-state index contributed by atoms with van der Waals surface area (Å²) in [5.41, 5.74) is 14.3. The van der Waals surface area contributed by atoms with E-state index in [-0.39, 0.29) is 0 Å². The Kier molecular flexibility index (Phi) is 8.09. The monoisotopic (exact) mass is 815 g/mol. The molecule has 0 radical (unpaired) electrons. The molecule has 4 nitrogen and oxygen atoms in total. The number of hydrogen-bond acceptors (Lipinski definition) is 4. The van der Waals surface area contributed by atoms with Crippen LogP contribution in [0.3, 0.4) is 0 Å². The van der Waals surface area contributed by atoms with Gasteiger partial charge in [-0.2, -0.15) is 0 Å². The number of benzene rings is 10. The van der Waals surface area contributed by atoms with Crippen LogP contribution in [0.5, 0.6) is 11.5 Å². The molecule has 0 atom stereocenters. The minimum atomic E-state index is -0.611. The van der Waals surface area contributed by atoms with Crippen molar-refractivity contribution in [3.05, 3.63) is 247 Å². The van der Waals surface area contributed by atoms with Crippen molar-refractivity contribution in [2.45, 2.75) is 5.41 Å². The molecule has 13 rings (SSSR count). The van der Waals surface area contributed by atoms with Gasteiger partial charge in [-0.1, -0.05) is 206 Å². The molecule has 0 saturated carbocycles. The van der Waals surface area contributed by atoms with E-state index in [2.05, 4.69) is 164 Å². The summed E-state index contributed by atoms with van der Waals surface area (Å²) in [5, 5.41) is 5.06. The minimum absolute atomic E-state index is 0.611. The summed E-state index contributed by atoms with van der Waals surface area (Å²) in [5.74, 6) is 3.72. The fraction of sp³-hybridized carbons (Fsp3) is 0.0167. The van der Waals surface area contributed by atoms with Crippen molar-refractivity contribution >= 4 is 21.5 Å². The zero-order valence-corrected chi connectivity index (χ0v) is 34.6. The van der Waals surface area contributed by atoms with Crippen LogP contribution in [0.1, 0.15) is 22.3 Å². The average molecular weight is 816 g/mol. The van der Waals surface area contributed by atoms with Crippen molar-refractivity contribution in [1.82, 2.24) is 15.0 Å². The smallest absolute Gasteiger partial charge is 0.164 e. The van der Waals surface area contributed by atoms with Gasteiger partial charge >= 0.3 is 0 Å². The van der Waals surface area contributed by atoms with Gasteiger partial charge < -0.3 is 4.74 Å². The summed E-state index contributed by atoms with van der Waals surface area (Å²) in [6.07, 6.45) is 0. The number of aromatic nitrogens is 3. The minimum Gasteiger partial charge on any atom is -0.457 e. The summed E-state index contributed by atoms with van der Waals surface area (Å²) in [4.78, 5) is 14.8. The molecule has 1 aliphatic heterocycles. The predicted octanol–water partition coefficient (Wildman–Crippen LogP) is 15.0. The van der Waals surface area contributed by atoms with Gasteiger partial charge in [0.25, 0.3) is 0 Å². The highest BCUT2D eigenvalue weighted by Gasteiger charge is 2.52. The Morgan fingerprint density at radius 1 is 0.297 bits per heavy atom. The van der Waals surface area contributed by atoms with Gasteiger partial charge in [-0.3, -0.25) is 0 Å². The van der Waals surface area contributed by atoms with E-state index in [9.17, 15) is 0 Å². The van der Waals surface area contributed by atoms with Gasteiger partial charge in [-0.15, -0.1) is 0 Å². The fourth-order valence-electron chi connectivity index (χ4n) is 10.4. The van der Waals surface area contributed by atoms with Gasteiger partial charge in [0.15, 0.2) is 17.5 Å². The van der Waals surface area contributed by atoms with E-state index in [1.165, 1.54) is 49.4 Å². The Hall–Kier alpha value is -8.47. The van der Waals surface area contributed by atoms with Crippen LogP contribution in [0.25, 0.3) is 89.1 Å². The lowest BCUT2D eigenvalue weighted by molar-refractivity contribution is 0.437. The quantitative estimate of drug-likeness (QED) is 0.162. The molecule has 4 heteroatoms. The Balaban J connectivity index is 0.922. The summed E-state index contributed by atoms with van der Waals surface area (Å²) in [7, 11) is 0. The summed E-state index contributed by atoms with van der Waals surface area (Å²) in [6, 6.07) is 79.9. The Labute approximate surface area is 370 Å². The van der Waals surface area contributed by atoms with Crippen molar-refractivity contribution in [2.75, 3.05) is 0 Å². The molecular weight excluding hydrogens is 779 g/mol. The van der Waals surface area contributed by atoms with Gasteiger partial charge in [0.1, 0.15) is 11.5 Å². The first-order valence-corrected chi connectivity index (χ1v) is 21.8. The normalized spacial score (nSPS) is 12.9. The first kappa shape index (κ1) is 36.2. The van der Waals surface area contributed by atoms with Crippen molar-refractivity contribution in [2.24, 2.45) is 0 Å². The molecule has 1 spiro atoms. The number of hydrogen-bond donors (Lipinski definition) is 0. The number of nitrogens with zero attached hydrogens (tertiary/aromatic N) is 3. The number of ether oxygens (including phenoxy) is 1. The highest BCUT2D eigenvalue weighted by atomic mass is 16.5. The zero-order chi connectivity index (χ0) is 42.2. The van der Waals surface area contributed by atoms with Crippen LogP contribution in [0.4, 0.5) is 0 Å². The van der Waals surface area contributed by atoms with Gasteiger partial charge in [-0.25, -0.2) is 15.0 Å². The Morgan fingerprint density at radius 2 is 0.688 bits per heavy atom. The lowest BCUT2D eigenvalue weighted by Crippen LogP contribution is -2.32. The molecule has 64 heavy (non-hydrogen) atoms. The second-order valence-electron chi connectivity index (χ2n) is 16.6. The van der Waals surface area contributed by atoms with Crippen LogP contribution in [-0.2, 0) is 5.41 Å². The van der Waals surface area contributed by atoms with Gasteiger partial charge in [0.2, 0.25) is 0 Å². The highest BCUT2D eigenvalue weighted by molar-refractivity contribution is 6.19. The van der Waals surface area contributed by atoms with Crippen LogP contribution >= 0.6 is 0 Å². The lowest BCUT2D eigenvalue weighted by Gasteiger charge is -2.40. The molecule has 0 N–H and O–H groups in total. The summed E-state index contributed by atoms with van der Waals surface area (Å²) < 4.78 is 6.73. The summed E-state index contributed by atoms with van der Waals surface area (Å²) >= 11 is 0. The SMILES string of the molecule is c1ccc(-c2nc(-c3ccccc3)nc(-c3ccc(-c4ccc(-c5ccc6c(c5)C5(c7ccccc7Oc7ccccc75)c5c-6c6ccccc6c6ccccc56)cc4)cc3)n2)cc1. The third-order valence-corrected chi connectivity index (χ3v) is 13.2. The van der Waals surface area contributed by atoms with E-state index in [0.717, 1.165) is 56.0 Å². The van der Waals surface area contributed by atoms with Crippen LogP contribution in [-0.4, -0.2) is 15.0 Å². The largest absolute Gasteiger partial charge is 0.457 e. The first-order chi connectivity index (χ1) is 31.7. The van der Waals surface area contributed by atoms with Gasteiger partial charge in [0.05, 0.1) is 5.41 Å². The van der Waals surface area contributed by atoms with Crippen molar-refractivity contribution < 1.29 is 4.74 Å². The van der Waals surface area contributed by atoms with Crippen LogP contribution < -0.4 is 4.74 Å². The van der Waals surface area contributed by atoms with E-state index in [1.54, 1.807) is 0 Å². The zero-order valence-electron chi connectivity index (χ0n) is 34.6. The molecule has 10 aromatic carbocycles. The van der Waals surface area contributed by atoms with Crippen LogP contribution in [0, 0.1) is 0 Å². The van der Waals surface area contributed by atoms with Gasteiger partial charge in [-0.05, 0) is 84.3 Å². The maximum absolute atomic E-state index is 6.73. The second kappa shape index (κ2) is 14.3. The van der Waals surface area contributed by atoms with Crippen molar-refractivity contribution in [1.29, 1.82) is 0 Å². The van der Waals surface area contributed by atoms with E-state index < -0.39 is 5.41 Å². The van der Waals surface area contributed by atoms with Crippen molar-refractivity contribution in [3.8, 4) is 79.0 Å². The molecular formula is C60H37N3O. The Bertz CT molecular complexity index is 3520. The molecule has 1 aliphatic carbocycles. The number of rotatable bonds is 5. The van der Waals surface area contributed by atoms with E-state index >= 15 is 0 Å². The molecule has 0 fully saturated rings. The molecule has 2 heterocycles. The third-order valence-electron chi connectivity index (χ3n) is 13.2. The van der Waals surface area contributed by atoms with E-state index in [4.69, 9.17) is 19.7 Å². The third kappa shape index (κ3) is 5.46. The van der Waals surface area contributed by atoms with Crippen LogP contribution in [0.15, 0.2) is 224 Å². The molecule has 0 saturated heterocycles. The topological polar surface area (TPSA) is 47.9 Å². The summed E-state index contributed by atoms with van der Waals surface area (Å²) in [6.45, 7) is 0. The molecule has 0 unspecified atom stereocenters. The molecule has 2 aliphatic rings. The second-order valence-corrected chi connectivity index (χ2v) is 16.6. The van der Waals surface area contributed by atoms with Crippen molar-refractivity contribution in [3.63, 3.8) is 0 Å². The maximum Gasteiger partial charge on any atom is 0.164 e. The lowest BCUT2D eigenvalue weighted by atomic mass is 9.64. The first-order valence-electron chi connectivity index (χ1n) is 21.8. The molecule has 11 aromatic rings. The average Bonchev–Trinajstić information content (AvgIpc) is 3.68. The Morgan fingerprint density at radius 3 is 1.23 bits per heavy atom. The maximum atomic E-state index is 6.73. The van der Waals surface area contributed by atoms with Crippen LogP contribution in [0.2, 0.25) is 0 Å². The van der Waals surface area contributed by atoms with Gasteiger partial charge in [0, 0.05) is 27.8 Å². The number of fused-ring (bicyclic) bond motifs is 14. The van der Waals surface area contributed by atoms with E-state index in [1.807, 2.05) is 60.7 Å². The number of para-hydroxylation sites is 2. The predicted molar refractivity (Wildman–Crippen MR) is 259 cm³/mol. The standard InChI is InChI=1S/C60H37N3O/c1-3-15-41(16-4-1)57-61-58(42-17-5-2-6-18-42)63-59(62-57)43-33-31-39(32-34-43)38-27-29-40(30-28-38)44-35-36-49-52(37-44)60(50-23-11-13-25-53(50)64-54-26-14-12-24-51(54)60)56-48-22-10-8-20-46(48)45-19-7-9-21-47(45)55(49)56/h1-37H.